The van der Waals surface area contributed by atoms with Gasteiger partial charge in [-0.05, 0) is 150 Å². The number of rotatable bonds is 7. The van der Waals surface area contributed by atoms with Crippen LogP contribution in [0.3, 0.4) is 0 Å². The Morgan fingerprint density at radius 1 is 0.323 bits per heavy atom. The van der Waals surface area contributed by atoms with Gasteiger partial charge in [0, 0.05) is 34.1 Å². The third-order valence-electron chi connectivity index (χ3n) is 13.8. The van der Waals surface area contributed by atoms with Crippen molar-refractivity contribution in [2.45, 2.75) is 31.6 Å². The maximum atomic E-state index is 2.50. The molecule has 0 fully saturated rings. The van der Waals surface area contributed by atoms with E-state index in [1.54, 1.807) is 0 Å². The summed E-state index contributed by atoms with van der Waals surface area (Å²) < 4.78 is 0. The average molecular weight is 833 g/mol. The number of hydrogen-bond donors (Lipinski definition) is 0. The highest BCUT2D eigenvalue weighted by Gasteiger charge is 2.52. The molecular formula is C63H48N2. The molecule has 10 aromatic rings. The van der Waals surface area contributed by atoms with Gasteiger partial charge in [-0.1, -0.05) is 185 Å². The number of nitrogens with zero attached hydrogens (tertiary/aromatic N) is 2. The zero-order valence-electron chi connectivity index (χ0n) is 36.9. The van der Waals surface area contributed by atoms with Gasteiger partial charge in [0.15, 0.2) is 0 Å². The molecule has 310 valence electrons. The predicted molar refractivity (Wildman–Crippen MR) is 274 cm³/mol. The highest BCUT2D eigenvalue weighted by Crippen LogP contribution is 2.64. The van der Waals surface area contributed by atoms with Gasteiger partial charge in [0.25, 0.3) is 0 Å². The van der Waals surface area contributed by atoms with Crippen molar-refractivity contribution in [3.63, 3.8) is 0 Å². The van der Waals surface area contributed by atoms with Crippen molar-refractivity contribution in [1.82, 2.24) is 0 Å². The minimum absolute atomic E-state index is 0.0307. The van der Waals surface area contributed by atoms with Crippen molar-refractivity contribution < 1.29 is 0 Å². The Kier molecular flexibility index (Phi) is 9.00. The van der Waals surface area contributed by atoms with Crippen LogP contribution in [0.25, 0.3) is 44.2 Å². The molecule has 10 aromatic carbocycles. The molecule has 2 heteroatoms. The molecule has 0 bridgehead atoms. The van der Waals surface area contributed by atoms with Gasteiger partial charge >= 0.3 is 0 Å². The van der Waals surface area contributed by atoms with Gasteiger partial charge in [-0.25, -0.2) is 0 Å². The molecule has 2 aliphatic carbocycles. The molecule has 1 atom stereocenters. The number of hydrogen-bond acceptors (Lipinski definition) is 2. The van der Waals surface area contributed by atoms with Crippen LogP contribution in [0.15, 0.2) is 237 Å². The molecule has 65 heavy (non-hydrogen) atoms. The SMILES string of the molecule is CC(C)(C)c1ccc(N(c2ccc(N(c3ccccc3)c3ccc(-c4ccccc4)cc3)cc2)c2ccc3c(c2)C2(c4ccccc4-3)c3ccccc3-c3ccc4ccccc4c32)cc1. The summed E-state index contributed by atoms with van der Waals surface area (Å²) in [6, 6.07) is 87.5. The summed E-state index contributed by atoms with van der Waals surface area (Å²) in [5.74, 6) is 0. The van der Waals surface area contributed by atoms with E-state index in [2.05, 4.69) is 267 Å². The minimum atomic E-state index is -0.493. The number of para-hydroxylation sites is 1. The van der Waals surface area contributed by atoms with Gasteiger partial charge in [-0.3, -0.25) is 0 Å². The molecule has 0 N–H and O–H groups in total. The van der Waals surface area contributed by atoms with Gasteiger partial charge in [-0.2, -0.15) is 0 Å². The summed E-state index contributed by atoms with van der Waals surface area (Å²) in [5.41, 5.74) is 20.5. The monoisotopic (exact) mass is 832 g/mol. The number of benzene rings is 10. The van der Waals surface area contributed by atoms with Crippen molar-refractivity contribution in [1.29, 1.82) is 0 Å². The van der Waals surface area contributed by atoms with E-state index in [0.29, 0.717) is 0 Å². The van der Waals surface area contributed by atoms with E-state index in [9.17, 15) is 0 Å². The Morgan fingerprint density at radius 3 is 1.38 bits per heavy atom. The maximum absolute atomic E-state index is 2.50. The molecule has 1 spiro atoms. The van der Waals surface area contributed by atoms with E-state index in [1.165, 1.54) is 72.0 Å². The van der Waals surface area contributed by atoms with Crippen LogP contribution in [0, 0.1) is 0 Å². The molecule has 0 saturated carbocycles. The van der Waals surface area contributed by atoms with Crippen molar-refractivity contribution in [2.24, 2.45) is 0 Å². The summed E-state index contributed by atoms with van der Waals surface area (Å²) in [6.45, 7) is 6.85. The Hall–Kier alpha value is -7.94. The normalized spacial score (nSPS) is 14.4. The van der Waals surface area contributed by atoms with Crippen LogP contribution < -0.4 is 9.80 Å². The third-order valence-corrected chi connectivity index (χ3v) is 13.8. The van der Waals surface area contributed by atoms with Crippen LogP contribution >= 0.6 is 0 Å². The quantitative estimate of drug-likeness (QED) is 0.158. The molecule has 2 nitrogen and oxygen atoms in total. The average Bonchev–Trinajstić information content (AvgIpc) is 3.83. The maximum Gasteiger partial charge on any atom is 0.0732 e. The lowest BCUT2D eigenvalue weighted by Crippen LogP contribution is -2.26. The van der Waals surface area contributed by atoms with E-state index in [0.717, 1.165) is 34.1 Å². The van der Waals surface area contributed by atoms with Gasteiger partial charge < -0.3 is 9.80 Å². The molecule has 0 amide bonds. The third kappa shape index (κ3) is 6.16. The lowest BCUT2D eigenvalue weighted by molar-refractivity contribution is 0.590. The second-order valence-corrected chi connectivity index (χ2v) is 18.5. The standard InChI is InChI=1S/C63H48N2/c1-62(2,3)46-29-33-49(34-30-46)65(51-37-35-50(36-38-51)64(47-19-8-5-9-20-47)48-31-26-44(27-32-48)43-16-6-4-7-17-43)52-39-41-56-54-22-12-14-24-58(54)63(60(56)42-52)59-25-15-13-23-55(59)57-40-28-45-18-10-11-21-53(45)61(57)63/h4-42H,1-3H3. The van der Waals surface area contributed by atoms with Crippen LogP contribution in [0.5, 0.6) is 0 Å². The van der Waals surface area contributed by atoms with Crippen LogP contribution in [-0.4, -0.2) is 0 Å². The van der Waals surface area contributed by atoms with Crippen LogP contribution in [0.1, 0.15) is 48.6 Å². The fourth-order valence-corrected chi connectivity index (χ4v) is 10.8. The first-order chi connectivity index (χ1) is 31.9. The fourth-order valence-electron chi connectivity index (χ4n) is 10.8. The molecule has 0 radical (unpaired) electrons. The summed E-state index contributed by atoms with van der Waals surface area (Å²) in [6.07, 6.45) is 0. The van der Waals surface area contributed by atoms with Gasteiger partial charge in [0.2, 0.25) is 0 Å². The van der Waals surface area contributed by atoms with E-state index in [4.69, 9.17) is 0 Å². The summed E-state index contributed by atoms with van der Waals surface area (Å²) in [7, 11) is 0. The smallest absolute Gasteiger partial charge is 0.0732 e. The summed E-state index contributed by atoms with van der Waals surface area (Å²) in [5, 5.41) is 2.56. The van der Waals surface area contributed by atoms with E-state index in [1.807, 2.05) is 0 Å². The summed E-state index contributed by atoms with van der Waals surface area (Å²) >= 11 is 0. The highest BCUT2D eigenvalue weighted by molar-refractivity contribution is 6.04. The van der Waals surface area contributed by atoms with E-state index in [-0.39, 0.29) is 5.41 Å². The predicted octanol–water partition coefficient (Wildman–Crippen LogP) is 17.1. The first-order valence-corrected chi connectivity index (χ1v) is 22.8. The number of fused-ring (bicyclic) bond motifs is 12. The Balaban J connectivity index is 1.04. The van der Waals surface area contributed by atoms with Crippen molar-refractivity contribution in [2.75, 3.05) is 9.80 Å². The molecule has 2 aliphatic rings. The second-order valence-electron chi connectivity index (χ2n) is 18.5. The van der Waals surface area contributed by atoms with Gasteiger partial charge in [-0.15, -0.1) is 0 Å². The first kappa shape index (κ1) is 38.7. The molecule has 0 saturated heterocycles. The molecule has 0 aromatic heterocycles. The Morgan fingerprint density at radius 2 is 0.754 bits per heavy atom. The van der Waals surface area contributed by atoms with Crippen LogP contribution in [0.2, 0.25) is 0 Å². The minimum Gasteiger partial charge on any atom is -0.311 e. The molecular weight excluding hydrogens is 785 g/mol. The largest absolute Gasteiger partial charge is 0.311 e. The van der Waals surface area contributed by atoms with E-state index < -0.39 is 5.41 Å². The zero-order chi connectivity index (χ0) is 43.7. The number of anilines is 6. The van der Waals surface area contributed by atoms with Crippen molar-refractivity contribution in [3.8, 4) is 33.4 Å². The topological polar surface area (TPSA) is 6.48 Å². The highest BCUT2D eigenvalue weighted by atomic mass is 15.2. The van der Waals surface area contributed by atoms with Crippen LogP contribution in [-0.2, 0) is 10.8 Å². The molecule has 1 unspecified atom stereocenters. The fraction of sp³-hybridized carbons (Fsp3) is 0.0794. The lowest BCUT2D eigenvalue weighted by Gasteiger charge is -2.33. The van der Waals surface area contributed by atoms with Crippen molar-refractivity contribution in [3.05, 3.63) is 264 Å². The molecule has 0 heterocycles. The van der Waals surface area contributed by atoms with Gasteiger partial charge in [0.1, 0.15) is 0 Å². The molecule has 0 aliphatic heterocycles. The van der Waals surface area contributed by atoms with E-state index >= 15 is 0 Å². The first-order valence-electron chi connectivity index (χ1n) is 22.8. The lowest BCUT2D eigenvalue weighted by atomic mass is 9.69. The van der Waals surface area contributed by atoms with Crippen molar-refractivity contribution >= 4 is 44.9 Å². The Bertz CT molecular complexity index is 3370. The summed E-state index contributed by atoms with van der Waals surface area (Å²) in [4.78, 5) is 4.79. The zero-order valence-corrected chi connectivity index (χ0v) is 36.9. The van der Waals surface area contributed by atoms with Gasteiger partial charge in [0.05, 0.1) is 5.41 Å². The molecule has 12 rings (SSSR count). The van der Waals surface area contributed by atoms with Crippen LogP contribution in [0.4, 0.5) is 34.1 Å². The Labute approximate surface area is 382 Å². The second kappa shape index (κ2) is 15.1.